The lowest BCUT2D eigenvalue weighted by atomic mass is 10.1. The van der Waals surface area contributed by atoms with E-state index in [4.69, 9.17) is 27.9 Å². The van der Waals surface area contributed by atoms with Crippen molar-refractivity contribution in [2.75, 3.05) is 0 Å². The van der Waals surface area contributed by atoms with E-state index in [2.05, 4.69) is 17.8 Å². The molecule has 1 aromatic carbocycles. The minimum absolute atomic E-state index is 0.198. The van der Waals surface area contributed by atoms with Crippen molar-refractivity contribution >= 4 is 35.0 Å². The van der Waals surface area contributed by atoms with E-state index < -0.39 is 12.0 Å². The van der Waals surface area contributed by atoms with E-state index in [-0.39, 0.29) is 5.91 Å². The van der Waals surface area contributed by atoms with E-state index >= 15 is 0 Å². The first kappa shape index (κ1) is 26.6. The third-order valence-electron chi connectivity index (χ3n) is 4.90. The Morgan fingerprint density at radius 3 is 2.03 bits per heavy atom. The summed E-state index contributed by atoms with van der Waals surface area (Å²) in [5.74, 6) is -0.291. The number of unbranched alkanes of at least 4 members (excludes halogenated alkanes) is 10. The van der Waals surface area contributed by atoms with Gasteiger partial charge in [0.15, 0.2) is 6.10 Å². The molecule has 0 radical (unpaired) electrons. The molecule has 0 aliphatic heterocycles. The molecule has 1 atom stereocenters. The Hall–Kier alpha value is -1.46. The summed E-state index contributed by atoms with van der Waals surface area (Å²) in [4.78, 5) is 23.9. The van der Waals surface area contributed by atoms with Crippen LogP contribution in [-0.2, 0) is 9.59 Å². The van der Waals surface area contributed by atoms with E-state index in [0.717, 1.165) is 19.3 Å². The van der Waals surface area contributed by atoms with Gasteiger partial charge in [-0.25, -0.2) is 0 Å². The van der Waals surface area contributed by atoms with E-state index in [1.165, 1.54) is 51.4 Å². The van der Waals surface area contributed by atoms with Crippen LogP contribution in [-0.4, -0.2) is 17.9 Å². The van der Waals surface area contributed by atoms with Crippen LogP contribution >= 0.6 is 23.2 Å². The molecular weight excluding hydrogens is 423 g/mol. The third-order valence-corrected chi connectivity index (χ3v) is 5.43. The first-order valence-electron chi connectivity index (χ1n) is 11.1. The molecule has 5 nitrogen and oxygen atoms in total. The van der Waals surface area contributed by atoms with Gasteiger partial charge in [0.2, 0.25) is 5.91 Å². The number of ether oxygens (including phenoxy) is 1. The maximum atomic E-state index is 12.1. The number of benzene rings is 1. The molecule has 170 valence electrons. The summed E-state index contributed by atoms with van der Waals surface area (Å²) >= 11 is 11.9. The first-order valence-corrected chi connectivity index (χ1v) is 11.9. The van der Waals surface area contributed by atoms with Crippen LogP contribution in [0.2, 0.25) is 10.0 Å². The lowest BCUT2D eigenvalue weighted by molar-refractivity contribution is -0.132. The second-order valence-corrected chi connectivity index (χ2v) is 8.50. The van der Waals surface area contributed by atoms with Crippen molar-refractivity contribution in [3.05, 3.63) is 28.2 Å². The zero-order valence-corrected chi connectivity index (χ0v) is 19.8. The maximum Gasteiger partial charge on any atom is 0.279 e. The Bertz CT molecular complexity index is 641. The van der Waals surface area contributed by atoms with Gasteiger partial charge < -0.3 is 4.74 Å². The number of carbonyl (C=O) groups is 2. The molecule has 0 aliphatic carbocycles. The molecule has 0 fully saturated rings. The highest BCUT2D eigenvalue weighted by Crippen LogP contribution is 2.28. The summed E-state index contributed by atoms with van der Waals surface area (Å²) in [7, 11) is 0. The molecule has 2 N–H and O–H groups in total. The van der Waals surface area contributed by atoms with Gasteiger partial charge in [-0.1, -0.05) is 94.3 Å². The van der Waals surface area contributed by atoms with Crippen LogP contribution in [0.5, 0.6) is 5.75 Å². The van der Waals surface area contributed by atoms with Gasteiger partial charge in [0.1, 0.15) is 5.75 Å². The summed E-state index contributed by atoms with van der Waals surface area (Å²) in [6.07, 6.45) is 13.1. The van der Waals surface area contributed by atoms with E-state index in [1.807, 2.05) is 0 Å². The largest absolute Gasteiger partial charge is 0.479 e. The van der Waals surface area contributed by atoms with Gasteiger partial charge in [0, 0.05) is 11.4 Å². The van der Waals surface area contributed by atoms with Crippen LogP contribution in [0.1, 0.15) is 90.9 Å². The normalized spacial score (nSPS) is 11.7. The maximum absolute atomic E-state index is 12.1. The van der Waals surface area contributed by atoms with Crippen molar-refractivity contribution in [1.29, 1.82) is 0 Å². The number of halogens is 2. The van der Waals surface area contributed by atoms with E-state index in [1.54, 1.807) is 25.1 Å². The van der Waals surface area contributed by atoms with Gasteiger partial charge >= 0.3 is 0 Å². The highest BCUT2D eigenvalue weighted by atomic mass is 35.5. The van der Waals surface area contributed by atoms with Crippen LogP contribution in [0.15, 0.2) is 18.2 Å². The lowest BCUT2D eigenvalue weighted by Crippen LogP contribution is -2.47. The van der Waals surface area contributed by atoms with Gasteiger partial charge in [0.05, 0.1) is 5.02 Å². The average molecular weight is 459 g/mol. The number of carbonyl (C=O) groups excluding carboxylic acids is 2. The number of rotatable bonds is 15. The standard InChI is InChI=1S/C23H36Cl2N2O3/c1-3-4-5-6-7-8-9-10-11-12-13-14-22(28)26-27-23(29)18(2)30-21-16-15-19(24)17-20(21)25/h15-18H,3-14H2,1-2H3,(H,26,28)(H,27,29). The van der Waals surface area contributed by atoms with Crippen LogP contribution in [0.25, 0.3) is 0 Å². The predicted molar refractivity (Wildman–Crippen MR) is 124 cm³/mol. The average Bonchev–Trinajstić information content (AvgIpc) is 2.72. The SMILES string of the molecule is CCCCCCCCCCCCCC(=O)NNC(=O)C(C)Oc1ccc(Cl)cc1Cl. The third kappa shape index (κ3) is 12.3. The van der Waals surface area contributed by atoms with Crippen LogP contribution < -0.4 is 15.6 Å². The smallest absolute Gasteiger partial charge is 0.279 e. The monoisotopic (exact) mass is 458 g/mol. The summed E-state index contributed by atoms with van der Waals surface area (Å²) in [5.41, 5.74) is 4.83. The number of amides is 2. The fourth-order valence-corrected chi connectivity index (χ4v) is 3.51. The van der Waals surface area contributed by atoms with Crippen LogP contribution in [0, 0.1) is 0 Å². The van der Waals surface area contributed by atoms with Gasteiger partial charge in [-0.05, 0) is 31.5 Å². The first-order chi connectivity index (χ1) is 14.4. The van der Waals surface area contributed by atoms with Crippen LogP contribution in [0.3, 0.4) is 0 Å². The Morgan fingerprint density at radius 2 is 1.47 bits per heavy atom. The van der Waals surface area contributed by atoms with E-state index in [0.29, 0.717) is 22.2 Å². The zero-order valence-electron chi connectivity index (χ0n) is 18.3. The van der Waals surface area contributed by atoms with Gasteiger partial charge in [-0.15, -0.1) is 0 Å². The van der Waals surface area contributed by atoms with Crippen molar-refractivity contribution in [3.63, 3.8) is 0 Å². The Labute approximate surface area is 191 Å². The van der Waals surface area contributed by atoms with Crippen molar-refractivity contribution in [2.24, 2.45) is 0 Å². The fourth-order valence-electron chi connectivity index (χ4n) is 3.06. The zero-order chi connectivity index (χ0) is 22.2. The summed E-state index contributed by atoms with van der Waals surface area (Å²) in [5, 5.41) is 0.807. The van der Waals surface area contributed by atoms with Gasteiger partial charge in [-0.3, -0.25) is 20.4 Å². The molecule has 0 heterocycles. The molecule has 30 heavy (non-hydrogen) atoms. The molecule has 0 spiro atoms. The molecule has 1 unspecified atom stereocenters. The molecule has 2 amide bonds. The van der Waals surface area contributed by atoms with E-state index in [9.17, 15) is 9.59 Å². The van der Waals surface area contributed by atoms with Crippen LogP contribution in [0.4, 0.5) is 0 Å². The fraction of sp³-hybridized carbons (Fsp3) is 0.652. The molecular formula is C23H36Cl2N2O3. The highest BCUT2D eigenvalue weighted by molar-refractivity contribution is 6.35. The molecule has 0 aromatic heterocycles. The highest BCUT2D eigenvalue weighted by Gasteiger charge is 2.16. The predicted octanol–water partition coefficient (Wildman–Crippen LogP) is 6.61. The minimum Gasteiger partial charge on any atom is -0.479 e. The number of hydrogen-bond acceptors (Lipinski definition) is 3. The van der Waals surface area contributed by atoms with Crippen molar-refractivity contribution in [2.45, 2.75) is 97.0 Å². The van der Waals surface area contributed by atoms with Crippen molar-refractivity contribution in [1.82, 2.24) is 10.9 Å². The Morgan fingerprint density at radius 1 is 0.900 bits per heavy atom. The molecule has 0 saturated carbocycles. The number of nitrogens with one attached hydrogen (secondary N) is 2. The molecule has 1 rings (SSSR count). The summed E-state index contributed by atoms with van der Waals surface area (Å²) < 4.78 is 5.51. The molecule has 0 aliphatic rings. The summed E-state index contributed by atoms with van der Waals surface area (Å²) in [6.45, 7) is 3.82. The molecule has 0 bridgehead atoms. The number of hydrogen-bond donors (Lipinski definition) is 2. The number of hydrazine groups is 1. The topological polar surface area (TPSA) is 67.4 Å². The quantitative estimate of drug-likeness (QED) is 0.229. The second-order valence-electron chi connectivity index (χ2n) is 7.66. The second kappa shape index (κ2) is 16.3. The van der Waals surface area contributed by atoms with Gasteiger partial charge in [-0.2, -0.15) is 0 Å². The summed E-state index contributed by atoms with van der Waals surface area (Å²) in [6, 6.07) is 4.76. The molecule has 1 aromatic rings. The van der Waals surface area contributed by atoms with Crippen molar-refractivity contribution < 1.29 is 14.3 Å². The van der Waals surface area contributed by atoms with Gasteiger partial charge in [0.25, 0.3) is 5.91 Å². The Balaban J connectivity index is 2.06. The lowest BCUT2D eigenvalue weighted by Gasteiger charge is -2.16. The Kier molecular flexibility index (Phi) is 14.4. The molecule has 7 heteroatoms. The molecule has 0 saturated heterocycles. The minimum atomic E-state index is -0.814. The van der Waals surface area contributed by atoms with Crippen molar-refractivity contribution in [3.8, 4) is 5.75 Å².